The molecule has 0 radical (unpaired) electrons. The lowest BCUT2D eigenvalue weighted by molar-refractivity contribution is 0.140. The Labute approximate surface area is 116 Å². The Bertz CT molecular complexity index is 367. The standard InChI is InChI=1S/C15H27N3O/c1-13(2)9-16-10-14-8-15(19-12-14)11-18-6-4-17(3)5-7-18/h8,12-13,16H,4-7,9-11H2,1-3H3. The van der Waals surface area contributed by atoms with Crippen LogP contribution in [0.15, 0.2) is 16.7 Å². The van der Waals surface area contributed by atoms with E-state index < -0.39 is 0 Å². The predicted octanol–water partition coefficient (Wildman–Crippen LogP) is 1.77. The number of piperazine rings is 1. The summed E-state index contributed by atoms with van der Waals surface area (Å²) in [6, 6.07) is 2.19. The van der Waals surface area contributed by atoms with Crippen LogP contribution in [-0.4, -0.2) is 49.6 Å². The number of nitrogens with zero attached hydrogens (tertiary/aromatic N) is 2. The van der Waals surface area contributed by atoms with Crippen LogP contribution in [0.2, 0.25) is 0 Å². The smallest absolute Gasteiger partial charge is 0.118 e. The SMILES string of the molecule is CC(C)CNCc1coc(CN2CCN(C)CC2)c1. The molecule has 108 valence electrons. The van der Waals surface area contributed by atoms with Gasteiger partial charge in [0.2, 0.25) is 0 Å². The lowest BCUT2D eigenvalue weighted by Crippen LogP contribution is -2.43. The van der Waals surface area contributed by atoms with Crippen LogP contribution in [0.1, 0.15) is 25.2 Å². The summed E-state index contributed by atoms with van der Waals surface area (Å²) in [5.41, 5.74) is 1.25. The molecule has 1 aromatic heterocycles. The Morgan fingerprint density at radius 1 is 1.26 bits per heavy atom. The van der Waals surface area contributed by atoms with Crippen molar-refractivity contribution in [1.29, 1.82) is 0 Å². The minimum Gasteiger partial charge on any atom is -0.468 e. The maximum atomic E-state index is 5.66. The highest BCUT2D eigenvalue weighted by Gasteiger charge is 2.15. The Kier molecular flexibility index (Phi) is 5.43. The van der Waals surface area contributed by atoms with Crippen LogP contribution in [0.25, 0.3) is 0 Å². The van der Waals surface area contributed by atoms with Gasteiger partial charge in [-0.25, -0.2) is 0 Å². The van der Waals surface area contributed by atoms with Crippen LogP contribution in [0.4, 0.5) is 0 Å². The quantitative estimate of drug-likeness (QED) is 0.849. The predicted molar refractivity (Wildman–Crippen MR) is 78.0 cm³/mol. The van der Waals surface area contributed by atoms with Gasteiger partial charge in [0.15, 0.2) is 0 Å². The largest absolute Gasteiger partial charge is 0.468 e. The number of hydrogen-bond donors (Lipinski definition) is 1. The second kappa shape index (κ2) is 7.08. The van der Waals surface area contributed by atoms with Crippen molar-refractivity contribution in [3.63, 3.8) is 0 Å². The molecule has 4 nitrogen and oxygen atoms in total. The number of rotatable bonds is 6. The third-order valence-corrected chi connectivity index (χ3v) is 3.57. The summed E-state index contributed by atoms with van der Waals surface area (Å²) in [6.07, 6.45) is 1.89. The second-order valence-electron chi connectivity index (χ2n) is 6.03. The minimum absolute atomic E-state index is 0.691. The van der Waals surface area contributed by atoms with Gasteiger partial charge >= 0.3 is 0 Å². The first-order valence-electron chi connectivity index (χ1n) is 7.31. The molecule has 0 atom stereocenters. The van der Waals surface area contributed by atoms with Gasteiger partial charge in [0, 0.05) is 38.3 Å². The average Bonchev–Trinajstić information content (AvgIpc) is 2.79. The van der Waals surface area contributed by atoms with Gasteiger partial charge in [0.05, 0.1) is 12.8 Å². The van der Waals surface area contributed by atoms with Gasteiger partial charge in [0.25, 0.3) is 0 Å². The fourth-order valence-electron chi connectivity index (χ4n) is 2.33. The molecule has 1 fully saturated rings. The number of hydrogen-bond acceptors (Lipinski definition) is 4. The zero-order valence-electron chi connectivity index (χ0n) is 12.5. The molecule has 1 aliphatic heterocycles. The van der Waals surface area contributed by atoms with E-state index in [-0.39, 0.29) is 0 Å². The molecule has 0 aromatic carbocycles. The number of furan rings is 1. The van der Waals surface area contributed by atoms with Crippen molar-refractivity contribution in [2.24, 2.45) is 5.92 Å². The zero-order chi connectivity index (χ0) is 13.7. The highest BCUT2D eigenvalue weighted by Crippen LogP contribution is 2.12. The first kappa shape index (κ1) is 14.6. The molecule has 0 aliphatic carbocycles. The van der Waals surface area contributed by atoms with E-state index in [0.29, 0.717) is 5.92 Å². The molecule has 0 unspecified atom stereocenters. The summed E-state index contributed by atoms with van der Waals surface area (Å²) < 4.78 is 5.66. The van der Waals surface area contributed by atoms with E-state index >= 15 is 0 Å². The van der Waals surface area contributed by atoms with Crippen LogP contribution < -0.4 is 5.32 Å². The number of nitrogens with one attached hydrogen (secondary N) is 1. The van der Waals surface area contributed by atoms with Gasteiger partial charge in [-0.1, -0.05) is 13.8 Å². The molecule has 1 N–H and O–H groups in total. The van der Waals surface area contributed by atoms with Gasteiger partial charge in [0.1, 0.15) is 5.76 Å². The molecule has 1 saturated heterocycles. The zero-order valence-corrected chi connectivity index (χ0v) is 12.5. The molecular weight excluding hydrogens is 238 g/mol. The van der Waals surface area contributed by atoms with E-state index in [2.05, 4.69) is 42.1 Å². The fraction of sp³-hybridized carbons (Fsp3) is 0.733. The highest BCUT2D eigenvalue weighted by atomic mass is 16.3. The second-order valence-corrected chi connectivity index (χ2v) is 6.03. The lowest BCUT2D eigenvalue weighted by Gasteiger charge is -2.31. The van der Waals surface area contributed by atoms with Crippen molar-refractivity contribution >= 4 is 0 Å². The van der Waals surface area contributed by atoms with Crippen LogP contribution in [-0.2, 0) is 13.1 Å². The van der Waals surface area contributed by atoms with Gasteiger partial charge in [-0.05, 0) is 25.6 Å². The molecule has 0 amide bonds. The van der Waals surface area contributed by atoms with Gasteiger partial charge < -0.3 is 14.6 Å². The minimum atomic E-state index is 0.691. The monoisotopic (exact) mass is 265 g/mol. The molecule has 4 heteroatoms. The summed E-state index contributed by atoms with van der Waals surface area (Å²) in [6.45, 7) is 11.9. The summed E-state index contributed by atoms with van der Waals surface area (Å²) >= 11 is 0. The van der Waals surface area contributed by atoms with E-state index in [9.17, 15) is 0 Å². The maximum absolute atomic E-state index is 5.66. The molecule has 19 heavy (non-hydrogen) atoms. The first-order chi connectivity index (χ1) is 9.13. The summed E-state index contributed by atoms with van der Waals surface area (Å²) in [5.74, 6) is 1.78. The summed E-state index contributed by atoms with van der Waals surface area (Å²) in [7, 11) is 2.18. The Balaban J connectivity index is 1.74. The maximum Gasteiger partial charge on any atom is 0.118 e. The van der Waals surface area contributed by atoms with Gasteiger partial charge in [-0.15, -0.1) is 0 Å². The Morgan fingerprint density at radius 3 is 2.68 bits per heavy atom. The van der Waals surface area contributed by atoms with Crippen molar-refractivity contribution in [3.05, 3.63) is 23.7 Å². The molecule has 0 saturated carbocycles. The molecule has 1 aliphatic rings. The fourth-order valence-corrected chi connectivity index (χ4v) is 2.33. The van der Waals surface area contributed by atoms with Crippen molar-refractivity contribution < 1.29 is 4.42 Å². The molecular formula is C15H27N3O. The van der Waals surface area contributed by atoms with E-state index in [4.69, 9.17) is 4.42 Å². The van der Waals surface area contributed by atoms with Gasteiger partial charge in [-0.2, -0.15) is 0 Å². The first-order valence-corrected chi connectivity index (χ1v) is 7.31. The average molecular weight is 265 g/mol. The van der Waals surface area contributed by atoms with E-state index in [1.807, 2.05) is 6.26 Å². The van der Waals surface area contributed by atoms with Crippen molar-refractivity contribution in [2.45, 2.75) is 26.9 Å². The summed E-state index contributed by atoms with van der Waals surface area (Å²) in [5, 5.41) is 3.44. The highest BCUT2D eigenvalue weighted by molar-refractivity contribution is 5.12. The molecule has 1 aromatic rings. The molecule has 0 spiro atoms. The Morgan fingerprint density at radius 2 is 2.00 bits per heavy atom. The van der Waals surface area contributed by atoms with Crippen molar-refractivity contribution in [3.8, 4) is 0 Å². The molecule has 2 rings (SSSR count). The summed E-state index contributed by atoms with van der Waals surface area (Å²) in [4.78, 5) is 4.84. The van der Waals surface area contributed by atoms with Gasteiger partial charge in [-0.3, -0.25) is 4.90 Å². The van der Waals surface area contributed by atoms with E-state index in [0.717, 1.165) is 51.6 Å². The van der Waals surface area contributed by atoms with Crippen LogP contribution in [0, 0.1) is 5.92 Å². The van der Waals surface area contributed by atoms with Crippen molar-refractivity contribution in [2.75, 3.05) is 39.8 Å². The van der Waals surface area contributed by atoms with E-state index in [1.54, 1.807) is 0 Å². The normalized spacial score (nSPS) is 18.3. The van der Waals surface area contributed by atoms with Crippen molar-refractivity contribution in [1.82, 2.24) is 15.1 Å². The topological polar surface area (TPSA) is 31.7 Å². The van der Waals surface area contributed by atoms with Crippen LogP contribution in [0.3, 0.4) is 0 Å². The van der Waals surface area contributed by atoms with E-state index in [1.165, 1.54) is 5.56 Å². The third-order valence-electron chi connectivity index (χ3n) is 3.57. The number of likely N-dealkylation sites (N-methyl/N-ethyl adjacent to an activating group) is 1. The lowest BCUT2D eigenvalue weighted by atomic mass is 10.2. The Hall–Kier alpha value is -0.840. The third kappa shape index (κ3) is 4.97. The molecule has 0 bridgehead atoms. The van der Waals surface area contributed by atoms with Crippen LogP contribution in [0.5, 0.6) is 0 Å². The van der Waals surface area contributed by atoms with Crippen LogP contribution >= 0.6 is 0 Å². The molecule has 2 heterocycles.